The standard InChI is InChI=1S/C16H21N3O5/c1-16(2,3)24-15(20)17-8-7-10-9-18-14-12(23-4)6-5-11(13(10)14)19(21)22/h5-6,9,18H,7-8H2,1-4H3,(H,17,20). The molecule has 1 heterocycles. The van der Waals surface area contributed by atoms with Crippen molar-refractivity contribution < 1.29 is 19.2 Å². The maximum Gasteiger partial charge on any atom is 0.407 e. The van der Waals surface area contributed by atoms with Crippen molar-refractivity contribution >= 4 is 22.7 Å². The maximum atomic E-state index is 11.7. The molecule has 0 aliphatic carbocycles. The molecule has 2 aromatic rings. The summed E-state index contributed by atoms with van der Waals surface area (Å²) in [6.45, 7) is 5.64. The highest BCUT2D eigenvalue weighted by atomic mass is 16.6. The lowest BCUT2D eigenvalue weighted by atomic mass is 10.1. The molecule has 2 rings (SSSR count). The third kappa shape index (κ3) is 3.95. The number of methoxy groups -OCH3 is 1. The van der Waals surface area contributed by atoms with Gasteiger partial charge in [-0.15, -0.1) is 0 Å². The van der Waals surface area contributed by atoms with Gasteiger partial charge in [0.15, 0.2) is 0 Å². The van der Waals surface area contributed by atoms with E-state index in [0.29, 0.717) is 29.6 Å². The van der Waals surface area contributed by atoms with Crippen molar-refractivity contribution in [1.82, 2.24) is 10.3 Å². The van der Waals surface area contributed by atoms with Crippen LogP contribution in [-0.2, 0) is 11.2 Å². The van der Waals surface area contributed by atoms with Crippen LogP contribution in [0, 0.1) is 10.1 Å². The second-order valence-electron chi connectivity index (χ2n) is 6.29. The summed E-state index contributed by atoms with van der Waals surface area (Å²) in [7, 11) is 1.51. The number of alkyl carbamates (subject to hydrolysis) is 1. The number of aromatic nitrogens is 1. The summed E-state index contributed by atoms with van der Waals surface area (Å²) in [5.41, 5.74) is 0.724. The van der Waals surface area contributed by atoms with Crippen molar-refractivity contribution in [2.45, 2.75) is 32.8 Å². The molecule has 1 amide bonds. The molecule has 0 spiro atoms. The fraction of sp³-hybridized carbons (Fsp3) is 0.438. The number of non-ortho nitro benzene ring substituents is 1. The Hall–Kier alpha value is -2.77. The van der Waals surface area contributed by atoms with Gasteiger partial charge in [0.05, 0.1) is 22.9 Å². The number of H-pyrrole nitrogens is 1. The fourth-order valence-electron chi connectivity index (χ4n) is 2.41. The summed E-state index contributed by atoms with van der Waals surface area (Å²) in [5.74, 6) is 0.530. The van der Waals surface area contributed by atoms with Crippen LogP contribution in [0.2, 0.25) is 0 Å². The van der Waals surface area contributed by atoms with Crippen LogP contribution in [-0.4, -0.2) is 35.3 Å². The minimum Gasteiger partial charge on any atom is -0.495 e. The van der Waals surface area contributed by atoms with Crippen LogP contribution in [0.15, 0.2) is 18.3 Å². The number of nitrogens with zero attached hydrogens (tertiary/aromatic N) is 1. The van der Waals surface area contributed by atoms with Crippen molar-refractivity contribution in [3.8, 4) is 5.75 Å². The lowest BCUT2D eigenvalue weighted by Gasteiger charge is -2.19. The maximum absolute atomic E-state index is 11.7. The molecule has 1 aromatic heterocycles. The molecule has 24 heavy (non-hydrogen) atoms. The van der Waals surface area contributed by atoms with Crippen molar-refractivity contribution in [3.05, 3.63) is 34.0 Å². The molecule has 0 aliphatic rings. The van der Waals surface area contributed by atoms with Gasteiger partial charge in [0.25, 0.3) is 5.69 Å². The van der Waals surface area contributed by atoms with Gasteiger partial charge >= 0.3 is 6.09 Å². The van der Waals surface area contributed by atoms with Gasteiger partial charge in [-0.1, -0.05) is 0 Å². The van der Waals surface area contributed by atoms with E-state index in [4.69, 9.17) is 9.47 Å². The van der Waals surface area contributed by atoms with E-state index in [-0.39, 0.29) is 5.69 Å². The largest absolute Gasteiger partial charge is 0.495 e. The Labute approximate surface area is 139 Å². The minimum absolute atomic E-state index is 0.000631. The van der Waals surface area contributed by atoms with E-state index in [2.05, 4.69) is 10.3 Å². The number of carbonyl (C=O) groups excluding carboxylic acids is 1. The number of ether oxygens (including phenoxy) is 2. The van der Waals surface area contributed by atoms with Crippen LogP contribution in [0.3, 0.4) is 0 Å². The number of fused-ring (bicyclic) bond motifs is 1. The van der Waals surface area contributed by atoms with E-state index in [9.17, 15) is 14.9 Å². The number of aromatic amines is 1. The van der Waals surface area contributed by atoms with Crippen LogP contribution in [0.25, 0.3) is 10.9 Å². The number of benzene rings is 1. The van der Waals surface area contributed by atoms with E-state index in [1.807, 2.05) is 0 Å². The SMILES string of the molecule is COc1ccc([N+](=O)[O-])c2c(CCNC(=O)OC(C)(C)C)c[nH]c12. The number of hydrogen-bond donors (Lipinski definition) is 2. The first-order valence-electron chi connectivity index (χ1n) is 7.51. The predicted octanol–water partition coefficient (Wildman–Crippen LogP) is 3.15. The highest BCUT2D eigenvalue weighted by molar-refractivity contribution is 5.96. The molecule has 1 aromatic carbocycles. The zero-order valence-electron chi connectivity index (χ0n) is 14.1. The Balaban J connectivity index is 2.18. The zero-order valence-corrected chi connectivity index (χ0v) is 14.1. The fourth-order valence-corrected chi connectivity index (χ4v) is 2.41. The molecule has 0 atom stereocenters. The van der Waals surface area contributed by atoms with Crippen LogP contribution < -0.4 is 10.1 Å². The van der Waals surface area contributed by atoms with Crippen LogP contribution in [0.5, 0.6) is 5.75 Å². The number of carbonyl (C=O) groups is 1. The van der Waals surface area contributed by atoms with Gasteiger partial charge in [0.1, 0.15) is 11.4 Å². The summed E-state index contributed by atoms with van der Waals surface area (Å²) < 4.78 is 10.4. The highest BCUT2D eigenvalue weighted by Crippen LogP contribution is 2.34. The molecule has 130 valence electrons. The van der Waals surface area contributed by atoms with Crippen molar-refractivity contribution in [3.63, 3.8) is 0 Å². The van der Waals surface area contributed by atoms with E-state index in [1.54, 1.807) is 33.0 Å². The third-order valence-electron chi connectivity index (χ3n) is 3.34. The average Bonchev–Trinajstić information content (AvgIpc) is 2.88. The molecule has 2 N–H and O–H groups in total. The normalized spacial score (nSPS) is 11.3. The lowest BCUT2D eigenvalue weighted by Crippen LogP contribution is -2.33. The molecule has 0 unspecified atom stereocenters. The number of amides is 1. The minimum atomic E-state index is -0.572. The summed E-state index contributed by atoms with van der Waals surface area (Å²) in [5, 5.41) is 14.4. The first-order chi connectivity index (χ1) is 11.2. The van der Waals surface area contributed by atoms with Crippen LogP contribution in [0.1, 0.15) is 26.3 Å². The highest BCUT2D eigenvalue weighted by Gasteiger charge is 2.20. The van der Waals surface area contributed by atoms with Crippen molar-refractivity contribution in [1.29, 1.82) is 0 Å². The molecule has 8 nitrogen and oxygen atoms in total. The molecule has 0 aliphatic heterocycles. The number of rotatable bonds is 5. The molecule has 0 saturated heterocycles. The topological polar surface area (TPSA) is 106 Å². The first-order valence-corrected chi connectivity index (χ1v) is 7.51. The van der Waals surface area contributed by atoms with Gasteiger partial charge < -0.3 is 19.8 Å². The first kappa shape index (κ1) is 17.6. The Kier molecular flexibility index (Phi) is 4.96. The Morgan fingerprint density at radius 3 is 2.67 bits per heavy atom. The van der Waals surface area contributed by atoms with Crippen LogP contribution in [0.4, 0.5) is 10.5 Å². The Bertz CT molecular complexity index is 761. The van der Waals surface area contributed by atoms with Gasteiger partial charge in [-0.25, -0.2) is 4.79 Å². The molecule has 0 radical (unpaired) electrons. The van der Waals surface area contributed by atoms with Crippen molar-refractivity contribution in [2.24, 2.45) is 0 Å². The second kappa shape index (κ2) is 6.77. The van der Waals surface area contributed by atoms with E-state index in [1.165, 1.54) is 13.2 Å². The Morgan fingerprint density at radius 2 is 2.08 bits per heavy atom. The van der Waals surface area contributed by atoms with Crippen molar-refractivity contribution in [2.75, 3.05) is 13.7 Å². The zero-order chi connectivity index (χ0) is 17.9. The van der Waals surface area contributed by atoms with Gasteiger partial charge in [0.2, 0.25) is 0 Å². The summed E-state index contributed by atoms with van der Waals surface area (Å²) in [6.07, 6.45) is 1.60. The average molecular weight is 335 g/mol. The summed E-state index contributed by atoms with van der Waals surface area (Å²) in [6, 6.07) is 2.97. The number of hydrogen-bond acceptors (Lipinski definition) is 5. The van der Waals surface area contributed by atoms with E-state index < -0.39 is 16.6 Å². The third-order valence-corrected chi connectivity index (χ3v) is 3.34. The Morgan fingerprint density at radius 1 is 1.38 bits per heavy atom. The molecular formula is C16H21N3O5. The molecular weight excluding hydrogens is 314 g/mol. The van der Waals surface area contributed by atoms with Gasteiger partial charge in [-0.3, -0.25) is 10.1 Å². The monoisotopic (exact) mass is 335 g/mol. The summed E-state index contributed by atoms with van der Waals surface area (Å²) >= 11 is 0. The quantitative estimate of drug-likeness (QED) is 0.645. The number of nitro benzene ring substituents is 1. The molecule has 0 fully saturated rings. The summed E-state index contributed by atoms with van der Waals surface area (Å²) in [4.78, 5) is 25.5. The molecule has 0 bridgehead atoms. The smallest absolute Gasteiger partial charge is 0.407 e. The predicted molar refractivity (Wildman–Crippen MR) is 89.4 cm³/mol. The van der Waals surface area contributed by atoms with E-state index in [0.717, 1.165) is 5.56 Å². The van der Waals surface area contributed by atoms with E-state index >= 15 is 0 Å². The van der Waals surface area contributed by atoms with Crippen LogP contribution >= 0.6 is 0 Å². The number of nitrogens with one attached hydrogen (secondary N) is 2. The number of nitro groups is 1. The van der Waals surface area contributed by atoms with Gasteiger partial charge in [-0.05, 0) is 38.8 Å². The molecule has 0 saturated carbocycles. The molecule has 8 heteroatoms. The second-order valence-corrected chi connectivity index (χ2v) is 6.29. The van der Waals surface area contributed by atoms with Gasteiger partial charge in [-0.2, -0.15) is 0 Å². The van der Waals surface area contributed by atoms with Gasteiger partial charge in [0, 0.05) is 18.8 Å². The lowest BCUT2D eigenvalue weighted by molar-refractivity contribution is -0.383.